The molecule has 0 aromatic rings. The van der Waals surface area contributed by atoms with Crippen LogP contribution >= 0.6 is 0 Å². The van der Waals surface area contributed by atoms with Crippen LogP contribution in [0.15, 0.2) is 0 Å². The average Bonchev–Trinajstić information content (AvgIpc) is 1.76. The molecule has 0 saturated carbocycles. The Balaban J connectivity index is 3.35. The Hall–Kier alpha value is -0.140. The van der Waals surface area contributed by atoms with Gasteiger partial charge in [-0.3, -0.25) is 0 Å². The fraction of sp³-hybridized carbons (Fsp3) is 1.00. The SMILES string of the molecule is CC(C)(C)CCCCC(C)(F)F. The maximum absolute atomic E-state index is 12.3. The van der Waals surface area contributed by atoms with E-state index in [1.165, 1.54) is 0 Å². The van der Waals surface area contributed by atoms with Crippen LogP contribution in [0.5, 0.6) is 0 Å². The summed E-state index contributed by atoms with van der Waals surface area (Å²) in [6.45, 7) is 7.40. The van der Waals surface area contributed by atoms with E-state index >= 15 is 0 Å². The Morgan fingerprint density at radius 1 is 0.833 bits per heavy atom. The normalized spacial score (nSPS) is 13.5. The van der Waals surface area contributed by atoms with E-state index in [0.29, 0.717) is 6.42 Å². The van der Waals surface area contributed by atoms with Gasteiger partial charge in [0, 0.05) is 6.42 Å². The molecule has 12 heavy (non-hydrogen) atoms. The van der Waals surface area contributed by atoms with E-state index in [1.807, 2.05) is 0 Å². The summed E-state index contributed by atoms with van der Waals surface area (Å²) in [5.74, 6) is -2.47. The second-order valence-corrected chi connectivity index (χ2v) is 4.84. The van der Waals surface area contributed by atoms with Crippen molar-refractivity contribution >= 4 is 0 Å². The third-order valence-corrected chi connectivity index (χ3v) is 1.79. The Morgan fingerprint density at radius 2 is 1.25 bits per heavy atom. The molecule has 0 aromatic heterocycles. The van der Waals surface area contributed by atoms with Crippen molar-refractivity contribution in [1.29, 1.82) is 0 Å². The quantitative estimate of drug-likeness (QED) is 0.564. The summed E-state index contributed by atoms with van der Waals surface area (Å²) in [4.78, 5) is 0. The maximum Gasteiger partial charge on any atom is 0.245 e. The summed E-state index contributed by atoms with van der Waals surface area (Å²) in [5.41, 5.74) is 0.281. The second kappa shape index (κ2) is 4.20. The van der Waals surface area contributed by atoms with E-state index in [-0.39, 0.29) is 11.8 Å². The highest BCUT2D eigenvalue weighted by molar-refractivity contribution is 4.63. The third-order valence-electron chi connectivity index (χ3n) is 1.79. The van der Waals surface area contributed by atoms with Crippen molar-refractivity contribution in [3.05, 3.63) is 0 Å². The lowest BCUT2D eigenvalue weighted by Crippen LogP contribution is -2.10. The molecule has 74 valence electrons. The first-order valence-corrected chi connectivity index (χ1v) is 4.59. The predicted molar refractivity (Wildman–Crippen MR) is 48.5 cm³/mol. The number of hydrogen-bond donors (Lipinski definition) is 0. The molecule has 0 saturated heterocycles. The van der Waals surface area contributed by atoms with E-state index in [2.05, 4.69) is 20.8 Å². The first kappa shape index (κ1) is 11.9. The molecule has 0 spiro atoms. The van der Waals surface area contributed by atoms with Crippen LogP contribution in [0.1, 0.15) is 53.4 Å². The van der Waals surface area contributed by atoms with Crippen LogP contribution in [0, 0.1) is 5.41 Å². The zero-order chi connectivity index (χ0) is 9.83. The van der Waals surface area contributed by atoms with E-state index < -0.39 is 5.92 Å². The van der Waals surface area contributed by atoms with Crippen molar-refractivity contribution in [3.8, 4) is 0 Å². The van der Waals surface area contributed by atoms with Crippen LogP contribution in [0.4, 0.5) is 8.78 Å². The molecule has 2 heteroatoms. The highest BCUT2D eigenvalue weighted by Gasteiger charge is 2.20. The van der Waals surface area contributed by atoms with Crippen LogP contribution in [-0.2, 0) is 0 Å². The fourth-order valence-electron chi connectivity index (χ4n) is 1.09. The van der Waals surface area contributed by atoms with E-state index in [9.17, 15) is 8.78 Å². The predicted octanol–water partition coefficient (Wildman–Crippen LogP) is 4.25. The molecule has 0 amide bonds. The molecule has 0 heterocycles. The molecule has 0 unspecified atom stereocenters. The summed E-state index contributed by atoms with van der Waals surface area (Å²) in [7, 11) is 0. The van der Waals surface area contributed by atoms with Crippen molar-refractivity contribution in [2.75, 3.05) is 0 Å². The van der Waals surface area contributed by atoms with Gasteiger partial charge in [0.25, 0.3) is 0 Å². The molecule has 0 fully saturated rings. The Kier molecular flexibility index (Phi) is 4.15. The van der Waals surface area contributed by atoms with Crippen molar-refractivity contribution < 1.29 is 8.78 Å². The third kappa shape index (κ3) is 9.86. The first-order chi connectivity index (χ1) is 5.21. The number of halogens is 2. The lowest BCUT2D eigenvalue weighted by molar-refractivity contribution is 0.00979. The second-order valence-electron chi connectivity index (χ2n) is 4.84. The molecule has 0 nitrogen and oxygen atoms in total. The summed E-state index contributed by atoms with van der Waals surface area (Å²) in [6, 6.07) is 0. The maximum atomic E-state index is 12.3. The average molecular weight is 178 g/mol. The standard InChI is InChI=1S/C10H20F2/c1-9(2,3)7-5-6-8-10(4,11)12/h5-8H2,1-4H3. The van der Waals surface area contributed by atoms with E-state index in [0.717, 1.165) is 19.8 Å². The molecule has 0 rings (SSSR count). The first-order valence-electron chi connectivity index (χ1n) is 4.59. The van der Waals surface area contributed by atoms with Gasteiger partial charge in [0.05, 0.1) is 0 Å². The lowest BCUT2D eigenvalue weighted by Gasteiger charge is -2.18. The number of unbranched alkanes of at least 4 members (excludes halogenated alkanes) is 1. The van der Waals surface area contributed by atoms with Crippen molar-refractivity contribution in [2.24, 2.45) is 5.41 Å². The number of alkyl halides is 2. The largest absolute Gasteiger partial charge is 0.245 e. The summed E-state index contributed by atoms with van der Waals surface area (Å²) >= 11 is 0. The molecule has 0 radical (unpaired) electrons. The van der Waals surface area contributed by atoms with Gasteiger partial charge in [-0.25, -0.2) is 8.78 Å². The van der Waals surface area contributed by atoms with Gasteiger partial charge in [0.15, 0.2) is 0 Å². The molecule has 0 N–H and O–H groups in total. The van der Waals surface area contributed by atoms with Gasteiger partial charge >= 0.3 is 0 Å². The Labute approximate surface area is 74.4 Å². The minimum Gasteiger partial charge on any atom is -0.207 e. The van der Waals surface area contributed by atoms with Crippen LogP contribution < -0.4 is 0 Å². The van der Waals surface area contributed by atoms with Crippen LogP contribution in [-0.4, -0.2) is 5.92 Å². The zero-order valence-electron chi connectivity index (χ0n) is 8.58. The van der Waals surface area contributed by atoms with E-state index in [1.54, 1.807) is 0 Å². The van der Waals surface area contributed by atoms with Gasteiger partial charge in [-0.15, -0.1) is 0 Å². The molecule has 0 aliphatic rings. The van der Waals surface area contributed by atoms with Crippen LogP contribution in [0.3, 0.4) is 0 Å². The number of hydrogen-bond acceptors (Lipinski definition) is 0. The van der Waals surface area contributed by atoms with E-state index in [4.69, 9.17) is 0 Å². The molecule has 0 aromatic carbocycles. The molecular formula is C10H20F2. The van der Waals surface area contributed by atoms with Gasteiger partial charge in [0.1, 0.15) is 0 Å². The number of rotatable bonds is 4. The van der Waals surface area contributed by atoms with Crippen molar-refractivity contribution in [3.63, 3.8) is 0 Å². The minimum atomic E-state index is -2.47. The molecule has 0 aliphatic heterocycles. The summed E-state index contributed by atoms with van der Waals surface area (Å²) in [6.07, 6.45) is 2.61. The van der Waals surface area contributed by atoms with Crippen LogP contribution in [0.2, 0.25) is 0 Å². The highest BCUT2D eigenvalue weighted by Crippen LogP contribution is 2.25. The fourth-order valence-corrected chi connectivity index (χ4v) is 1.09. The molecule has 0 atom stereocenters. The highest BCUT2D eigenvalue weighted by atomic mass is 19.3. The van der Waals surface area contributed by atoms with Crippen molar-refractivity contribution in [1.82, 2.24) is 0 Å². The Morgan fingerprint density at radius 3 is 1.58 bits per heavy atom. The summed E-state index contributed by atoms with van der Waals surface area (Å²) in [5, 5.41) is 0. The molecule has 0 aliphatic carbocycles. The minimum absolute atomic E-state index is 0.0308. The lowest BCUT2D eigenvalue weighted by atomic mass is 9.89. The summed E-state index contributed by atoms with van der Waals surface area (Å²) < 4.78 is 24.7. The van der Waals surface area contributed by atoms with Crippen LogP contribution in [0.25, 0.3) is 0 Å². The van der Waals surface area contributed by atoms with Gasteiger partial charge in [-0.05, 0) is 25.2 Å². The van der Waals surface area contributed by atoms with Gasteiger partial charge in [-0.2, -0.15) is 0 Å². The zero-order valence-corrected chi connectivity index (χ0v) is 8.58. The Bertz CT molecular complexity index is 101. The monoisotopic (exact) mass is 178 g/mol. The van der Waals surface area contributed by atoms with Gasteiger partial charge < -0.3 is 0 Å². The van der Waals surface area contributed by atoms with Gasteiger partial charge in [-0.1, -0.05) is 27.2 Å². The van der Waals surface area contributed by atoms with Crippen molar-refractivity contribution in [2.45, 2.75) is 59.3 Å². The smallest absolute Gasteiger partial charge is 0.207 e. The topological polar surface area (TPSA) is 0 Å². The molecule has 0 bridgehead atoms. The van der Waals surface area contributed by atoms with Gasteiger partial charge in [0.2, 0.25) is 5.92 Å². The molecular weight excluding hydrogens is 158 g/mol.